The number of benzene rings is 1. The van der Waals surface area contributed by atoms with Crippen molar-refractivity contribution in [3.63, 3.8) is 0 Å². The Morgan fingerprint density at radius 1 is 1.30 bits per heavy atom. The third-order valence-electron chi connectivity index (χ3n) is 2.66. The van der Waals surface area contributed by atoms with Gasteiger partial charge in [-0.15, -0.1) is 0 Å². The molecule has 0 saturated heterocycles. The highest BCUT2D eigenvalue weighted by Crippen LogP contribution is 2.33. The maximum atomic E-state index is 12.8. The quantitative estimate of drug-likeness (QED) is 0.883. The van der Waals surface area contributed by atoms with Crippen LogP contribution in [0, 0.1) is 0 Å². The Labute approximate surface area is 123 Å². The van der Waals surface area contributed by atoms with E-state index in [0.717, 1.165) is 18.6 Å². The zero-order chi connectivity index (χ0) is 14.8. The molecule has 0 aliphatic carbocycles. The van der Waals surface area contributed by atoms with Gasteiger partial charge in [-0.3, -0.25) is 4.57 Å². The predicted molar refractivity (Wildman–Crippen MR) is 75.0 cm³/mol. The van der Waals surface area contributed by atoms with Crippen molar-refractivity contribution in [2.75, 3.05) is 11.9 Å². The molecule has 2 rings (SSSR count). The summed E-state index contributed by atoms with van der Waals surface area (Å²) in [6, 6.07) is 3.77. The molecule has 0 unspecified atom stereocenters. The van der Waals surface area contributed by atoms with Gasteiger partial charge in [0.2, 0.25) is 5.95 Å². The number of alkyl halides is 3. The molecule has 1 N–H and O–H groups in total. The number of rotatable bonds is 4. The molecule has 0 amide bonds. The first kappa shape index (κ1) is 14.9. The fraction of sp³-hybridized carbons (Fsp3) is 0.308. The molecule has 0 radical (unpaired) electrons. The van der Waals surface area contributed by atoms with Crippen LogP contribution >= 0.6 is 15.9 Å². The van der Waals surface area contributed by atoms with Crippen LogP contribution in [0.15, 0.2) is 35.1 Å². The summed E-state index contributed by atoms with van der Waals surface area (Å²) in [5.74, 6) is 0.526. The van der Waals surface area contributed by atoms with Gasteiger partial charge in [-0.05, 0) is 24.6 Å². The monoisotopic (exact) mass is 347 g/mol. The van der Waals surface area contributed by atoms with Gasteiger partial charge in [0.15, 0.2) is 0 Å². The number of anilines is 1. The first-order chi connectivity index (χ1) is 9.41. The summed E-state index contributed by atoms with van der Waals surface area (Å²) in [5, 5.41) is 3.07. The minimum atomic E-state index is -4.38. The molecule has 0 saturated carbocycles. The van der Waals surface area contributed by atoms with Gasteiger partial charge in [-0.2, -0.15) is 13.2 Å². The van der Waals surface area contributed by atoms with E-state index in [1.807, 2.05) is 6.92 Å². The summed E-state index contributed by atoms with van der Waals surface area (Å²) < 4.78 is 40.5. The molecule has 0 fully saturated rings. The number of imidazole rings is 1. The molecule has 1 aromatic carbocycles. The van der Waals surface area contributed by atoms with E-state index in [-0.39, 0.29) is 0 Å². The van der Waals surface area contributed by atoms with Crippen LogP contribution in [0.1, 0.15) is 18.9 Å². The van der Waals surface area contributed by atoms with Crippen molar-refractivity contribution < 1.29 is 13.2 Å². The minimum Gasteiger partial charge on any atom is -0.355 e. The standard InChI is InChI=1S/C13H13BrF3N3/c1-2-3-18-12-19-4-5-20(12)11-7-9(13(15,16)17)6-10(14)8-11/h4-8H,2-3H2,1H3,(H,18,19). The first-order valence-electron chi connectivity index (χ1n) is 6.07. The Morgan fingerprint density at radius 3 is 2.70 bits per heavy atom. The number of halogens is 4. The second-order valence-corrected chi connectivity index (χ2v) is 5.16. The van der Waals surface area contributed by atoms with Crippen molar-refractivity contribution in [2.45, 2.75) is 19.5 Å². The average Bonchev–Trinajstić information content (AvgIpc) is 2.82. The molecule has 0 aliphatic heterocycles. The third kappa shape index (κ3) is 3.33. The maximum Gasteiger partial charge on any atom is 0.416 e. The minimum absolute atomic E-state index is 0.373. The van der Waals surface area contributed by atoms with Crippen molar-refractivity contribution >= 4 is 21.9 Å². The van der Waals surface area contributed by atoms with E-state index in [0.29, 0.717) is 22.7 Å². The molecule has 1 heterocycles. The zero-order valence-corrected chi connectivity index (χ0v) is 12.3. The smallest absolute Gasteiger partial charge is 0.355 e. The molecule has 0 bridgehead atoms. The summed E-state index contributed by atoms with van der Waals surface area (Å²) in [4.78, 5) is 4.11. The lowest BCUT2D eigenvalue weighted by Crippen LogP contribution is -2.09. The Balaban J connectivity index is 2.43. The largest absolute Gasteiger partial charge is 0.416 e. The molecule has 0 spiro atoms. The summed E-state index contributed by atoms with van der Waals surface area (Å²) in [6.45, 7) is 2.71. The van der Waals surface area contributed by atoms with E-state index >= 15 is 0 Å². The molecule has 7 heteroatoms. The molecule has 0 atom stereocenters. The number of hydrogen-bond donors (Lipinski definition) is 1. The maximum absolute atomic E-state index is 12.8. The lowest BCUT2D eigenvalue weighted by atomic mass is 10.2. The van der Waals surface area contributed by atoms with Crippen LogP contribution < -0.4 is 5.32 Å². The van der Waals surface area contributed by atoms with Crippen molar-refractivity contribution in [1.82, 2.24) is 9.55 Å². The number of hydrogen-bond acceptors (Lipinski definition) is 2. The van der Waals surface area contributed by atoms with E-state index in [9.17, 15) is 13.2 Å². The van der Waals surface area contributed by atoms with E-state index in [1.165, 1.54) is 0 Å². The molecule has 0 aliphatic rings. The molecular weight excluding hydrogens is 335 g/mol. The fourth-order valence-corrected chi connectivity index (χ4v) is 2.24. The van der Waals surface area contributed by atoms with Crippen molar-refractivity contribution in [3.05, 3.63) is 40.6 Å². The fourth-order valence-electron chi connectivity index (χ4n) is 1.76. The van der Waals surface area contributed by atoms with Crippen LogP contribution in [-0.4, -0.2) is 16.1 Å². The van der Waals surface area contributed by atoms with Crippen molar-refractivity contribution in [2.24, 2.45) is 0 Å². The molecule has 1 aromatic heterocycles. The lowest BCUT2D eigenvalue weighted by Gasteiger charge is -2.13. The van der Waals surface area contributed by atoms with Gasteiger partial charge in [0.1, 0.15) is 0 Å². The van der Waals surface area contributed by atoms with E-state index in [1.54, 1.807) is 23.0 Å². The highest BCUT2D eigenvalue weighted by Gasteiger charge is 2.31. The molecule has 2 aromatic rings. The van der Waals surface area contributed by atoms with Gasteiger partial charge in [0.05, 0.1) is 11.3 Å². The highest BCUT2D eigenvalue weighted by atomic mass is 79.9. The normalized spacial score (nSPS) is 11.7. The number of nitrogens with one attached hydrogen (secondary N) is 1. The van der Waals surface area contributed by atoms with Gasteiger partial charge in [-0.1, -0.05) is 22.9 Å². The SMILES string of the molecule is CCCNc1nccn1-c1cc(Br)cc(C(F)(F)F)c1. The molecule has 20 heavy (non-hydrogen) atoms. The topological polar surface area (TPSA) is 29.9 Å². The van der Waals surface area contributed by atoms with Gasteiger partial charge in [0.25, 0.3) is 0 Å². The Morgan fingerprint density at radius 2 is 2.05 bits per heavy atom. The van der Waals surface area contributed by atoms with Crippen LogP contribution in [0.2, 0.25) is 0 Å². The Hall–Kier alpha value is -1.50. The Kier molecular flexibility index (Phi) is 4.37. The van der Waals surface area contributed by atoms with Crippen LogP contribution in [0.5, 0.6) is 0 Å². The van der Waals surface area contributed by atoms with Gasteiger partial charge < -0.3 is 5.32 Å². The van der Waals surface area contributed by atoms with Gasteiger partial charge in [-0.25, -0.2) is 4.98 Å². The molecular formula is C13H13BrF3N3. The number of nitrogens with zero attached hydrogens (tertiary/aromatic N) is 2. The third-order valence-corrected chi connectivity index (χ3v) is 3.12. The molecule has 3 nitrogen and oxygen atoms in total. The second-order valence-electron chi connectivity index (χ2n) is 4.24. The van der Waals surface area contributed by atoms with Crippen molar-refractivity contribution in [1.29, 1.82) is 0 Å². The van der Waals surface area contributed by atoms with Gasteiger partial charge in [0, 0.05) is 23.4 Å². The van der Waals surface area contributed by atoms with E-state index in [4.69, 9.17) is 0 Å². The number of aromatic nitrogens is 2. The van der Waals surface area contributed by atoms with Crippen LogP contribution in [0.3, 0.4) is 0 Å². The van der Waals surface area contributed by atoms with Crippen molar-refractivity contribution in [3.8, 4) is 5.69 Å². The lowest BCUT2D eigenvalue weighted by molar-refractivity contribution is -0.137. The van der Waals surface area contributed by atoms with Crippen LogP contribution in [0.4, 0.5) is 19.1 Å². The summed E-state index contributed by atoms with van der Waals surface area (Å²) in [7, 11) is 0. The van der Waals surface area contributed by atoms with Gasteiger partial charge >= 0.3 is 6.18 Å². The highest BCUT2D eigenvalue weighted by molar-refractivity contribution is 9.10. The van der Waals surface area contributed by atoms with E-state index < -0.39 is 11.7 Å². The van der Waals surface area contributed by atoms with Crippen LogP contribution in [0.25, 0.3) is 5.69 Å². The van der Waals surface area contributed by atoms with E-state index in [2.05, 4.69) is 26.2 Å². The first-order valence-corrected chi connectivity index (χ1v) is 6.86. The predicted octanol–water partition coefficient (Wildman–Crippen LogP) is 4.48. The second kappa shape index (κ2) is 5.87. The van der Waals surface area contributed by atoms with Crippen LogP contribution in [-0.2, 0) is 6.18 Å². The summed E-state index contributed by atoms with van der Waals surface area (Å²) >= 11 is 3.11. The zero-order valence-electron chi connectivity index (χ0n) is 10.7. The molecule has 108 valence electrons. The Bertz CT molecular complexity index is 593. The average molecular weight is 348 g/mol. The summed E-state index contributed by atoms with van der Waals surface area (Å²) in [5.41, 5.74) is -0.292. The summed E-state index contributed by atoms with van der Waals surface area (Å²) in [6.07, 6.45) is -0.304.